The van der Waals surface area contributed by atoms with E-state index in [1.165, 1.54) is 16.7 Å². The van der Waals surface area contributed by atoms with Gasteiger partial charge in [0.2, 0.25) is 0 Å². The molecule has 0 saturated carbocycles. The number of hydrogen-bond acceptors (Lipinski definition) is 2. The monoisotopic (exact) mass is 347 g/mol. The SMILES string of the molecule is Cc1ccc(Cl)cc1C1=CC2CCCC(C1)N2C(=O)OC(C)(C)C. The van der Waals surface area contributed by atoms with Gasteiger partial charge in [0.25, 0.3) is 0 Å². The van der Waals surface area contributed by atoms with Gasteiger partial charge >= 0.3 is 6.09 Å². The van der Waals surface area contributed by atoms with Crippen LogP contribution in [-0.2, 0) is 4.74 Å². The lowest BCUT2D eigenvalue weighted by atomic mass is 9.82. The van der Waals surface area contributed by atoms with Crippen LogP contribution < -0.4 is 0 Å². The van der Waals surface area contributed by atoms with Gasteiger partial charge in [0, 0.05) is 11.1 Å². The van der Waals surface area contributed by atoms with E-state index in [0.29, 0.717) is 0 Å². The van der Waals surface area contributed by atoms with Crippen LogP contribution >= 0.6 is 11.6 Å². The molecule has 24 heavy (non-hydrogen) atoms. The maximum atomic E-state index is 12.6. The van der Waals surface area contributed by atoms with Crippen LogP contribution in [0, 0.1) is 6.92 Å². The molecule has 2 bridgehead atoms. The Hall–Kier alpha value is -1.48. The lowest BCUT2D eigenvalue weighted by molar-refractivity contribution is 0.0000859. The molecule has 4 heteroatoms. The number of amides is 1. The van der Waals surface area contributed by atoms with Gasteiger partial charge in [-0.15, -0.1) is 0 Å². The van der Waals surface area contributed by atoms with Gasteiger partial charge in [0.15, 0.2) is 0 Å². The molecule has 0 N–H and O–H groups in total. The fourth-order valence-electron chi connectivity index (χ4n) is 3.77. The number of hydrogen-bond donors (Lipinski definition) is 0. The molecule has 2 heterocycles. The lowest BCUT2D eigenvalue weighted by Gasteiger charge is -2.45. The largest absolute Gasteiger partial charge is 0.444 e. The molecule has 0 aromatic heterocycles. The van der Waals surface area contributed by atoms with Crippen molar-refractivity contribution in [3.05, 3.63) is 40.4 Å². The minimum atomic E-state index is -0.459. The number of aryl methyl sites for hydroxylation is 1. The van der Waals surface area contributed by atoms with Crippen molar-refractivity contribution >= 4 is 23.3 Å². The minimum absolute atomic E-state index is 0.126. The van der Waals surface area contributed by atoms with E-state index >= 15 is 0 Å². The average molecular weight is 348 g/mol. The van der Waals surface area contributed by atoms with Crippen molar-refractivity contribution in [2.24, 2.45) is 0 Å². The fourth-order valence-corrected chi connectivity index (χ4v) is 3.94. The van der Waals surface area contributed by atoms with Crippen LogP contribution in [0.1, 0.15) is 57.6 Å². The molecule has 0 aliphatic carbocycles. The fraction of sp³-hybridized carbons (Fsp3) is 0.550. The molecule has 2 unspecified atom stereocenters. The summed E-state index contributed by atoms with van der Waals surface area (Å²) in [5.74, 6) is 0. The van der Waals surface area contributed by atoms with E-state index in [4.69, 9.17) is 16.3 Å². The number of carbonyl (C=O) groups is 1. The summed E-state index contributed by atoms with van der Waals surface area (Å²) in [6.07, 6.45) is 6.13. The third-order valence-corrected chi connectivity index (χ3v) is 5.02. The first-order valence-corrected chi connectivity index (χ1v) is 9.11. The molecule has 3 nitrogen and oxygen atoms in total. The number of carbonyl (C=O) groups excluding carboxylic acids is 1. The average Bonchev–Trinajstić information content (AvgIpc) is 2.46. The van der Waals surface area contributed by atoms with Crippen molar-refractivity contribution in [3.8, 4) is 0 Å². The van der Waals surface area contributed by atoms with Crippen molar-refractivity contribution < 1.29 is 9.53 Å². The Bertz CT molecular complexity index is 675. The molecule has 1 aromatic rings. The van der Waals surface area contributed by atoms with Crippen molar-refractivity contribution in [3.63, 3.8) is 0 Å². The summed E-state index contributed by atoms with van der Waals surface area (Å²) in [6.45, 7) is 7.87. The first-order chi connectivity index (χ1) is 11.2. The summed E-state index contributed by atoms with van der Waals surface area (Å²) in [4.78, 5) is 14.6. The number of halogens is 1. The molecule has 2 atom stereocenters. The summed E-state index contributed by atoms with van der Waals surface area (Å²) in [5.41, 5.74) is 3.29. The highest BCUT2D eigenvalue weighted by atomic mass is 35.5. The zero-order chi connectivity index (χ0) is 17.5. The van der Waals surface area contributed by atoms with Gasteiger partial charge in [-0.2, -0.15) is 0 Å². The van der Waals surface area contributed by atoms with Crippen molar-refractivity contribution in [2.75, 3.05) is 0 Å². The van der Waals surface area contributed by atoms with E-state index in [1.807, 2.05) is 37.8 Å². The Kier molecular flexibility index (Phi) is 4.65. The first-order valence-electron chi connectivity index (χ1n) is 8.73. The summed E-state index contributed by atoms with van der Waals surface area (Å²) in [6, 6.07) is 6.38. The highest BCUT2D eigenvalue weighted by molar-refractivity contribution is 6.30. The molecular weight excluding hydrogens is 322 g/mol. The smallest absolute Gasteiger partial charge is 0.411 e. The number of ether oxygens (including phenoxy) is 1. The van der Waals surface area contributed by atoms with Gasteiger partial charge in [-0.1, -0.05) is 23.7 Å². The van der Waals surface area contributed by atoms with Gasteiger partial charge in [0.05, 0.1) is 6.04 Å². The zero-order valence-corrected chi connectivity index (χ0v) is 15.7. The van der Waals surface area contributed by atoms with E-state index in [2.05, 4.69) is 19.1 Å². The standard InChI is InChI=1S/C20H26ClNO2/c1-13-8-9-15(21)12-18(13)14-10-16-6-5-7-17(11-14)22(16)19(23)24-20(2,3)4/h8-10,12,16-17H,5-7,11H2,1-4H3. The van der Waals surface area contributed by atoms with Gasteiger partial charge in [0.1, 0.15) is 5.60 Å². The van der Waals surface area contributed by atoms with E-state index in [0.717, 1.165) is 30.7 Å². The Morgan fingerprint density at radius 3 is 2.71 bits per heavy atom. The molecule has 1 aromatic carbocycles. The van der Waals surface area contributed by atoms with E-state index in [1.54, 1.807) is 0 Å². The van der Waals surface area contributed by atoms with Crippen LogP contribution in [0.2, 0.25) is 5.02 Å². The molecule has 1 fully saturated rings. The van der Waals surface area contributed by atoms with Crippen molar-refractivity contribution in [2.45, 2.75) is 71.1 Å². The predicted octanol–water partition coefficient (Wildman–Crippen LogP) is 5.59. The van der Waals surface area contributed by atoms with Crippen LogP contribution in [0.25, 0.3) is 5.57 Å². The minimum Gasteiger partial charge on any atom is -0.444 e. The summed E-state index contributed by atoms with van der Waals surface area (Å²) in [7, 11) is 0. The third-order valence-electron chi connectivity index (χ3n) is 4.79. The Labute approximate surface area is 149 Å². The van der Waals surface area contributed by atoms with Crippen LogP contribution in [-0.4, -0.2) is 28.7 Å². The molecule has 1 saturated heterocycles. The molecule has 0 radical (unpaired) electrons. The number of rotatable bonds is 1. The molecule has 3 rings (SSSR count). The highest BCUT2D eigenvalue weighted by Gasteiger charge is 2.39. The van der Waals surface area contributed by atoms with Gasteiger partial charge in [-0.25, -0.2) is 4.79 Å². The Morgan fingerprint density at radius 1 is 1.29 bits per heavy atom. The second-order valence-electron chi connectivity index (χ2n) is 7.89. The maximum absolute atomic E-state index is 12.6. The number of piperidine rings is 1. The van der Waals surface area contributed by atoms with E-state index in [9.17, 15) is 4.79 Å². The summed E-state index contributed by atoms with van der Waals surface area (Å²) < 4.78 is 5.63. The Balaban J connectivity index is 1.90. The van der Waals surface area contributed by atoms with Crippen LogP contribution in [0.3, 0.4) is 0 Å². The van der Waals surface area contributed by atoms with Crippen molar-refractivity contribution in [1.82, 2.24) is 4.90 Å². The van der Waals surface area contributed by atoms with E-state index < -0.39 is 5.60 Å². The maximum Gasteiger partial charge on any atom is 0.411 e. The predicted molar refractivity (Wildman–Crippen MR) is 98.3 cm³/mol. The summed E-state index contributed by atoms with van der Waals surface area (Å²) >= 11 is 6.20. The van der Waals surface area contributed by atoms with Crippen LogP contribution in [0.5, 0.6) is 0 Å². The van der Waals surface area contributed by atoms with Gasteiger partial charge in [-0.05, 0) is 82.2 Å². The highest BCUT2D eigenvalue weighted by Crippen LogP contribution is 2.39. The molecular formula is C20H26ClNO2. The lowest BCUT2D eigenvalue weighted by Crippen LogP contribution is -2.53. The molecule has 0 spiro atoms. The third kappa shape index (κ3) is 3.61. The molecule has 2 aliphatic heterocycles. The zero-order valence-electron chi connectivity index (χ0n) is 14.9. The van der Waals surface area contributed by atoms with Crippen molar-refractivity contribution in [1.29, 1.82) is 0 Å². The normalized spacial score (nSPS) is 23.7. The van der Waals surface area contributed by atoms with Crippen LogP contribution in [0.15, 0.2) is 24.3 Å². The first kappa shape index (κ1) is 17.3. The number of benzene rings is 1. The second kappa shape index (κ2) is 6.44. The van der Waals surface area contributed by atoms with Crippen LogP contribution in [0.4, 0.5) is 4.79 Å². The van der Waals surface area contributed by atoms with E-state index in [-0.39, 0.29) is 18.2 Å². The van der Waals surface area contributed by atoms with Gasteiger partial charge in [-0.3, -0.25) is 4.90 Å². The topological polar surface area (TPSA) is 29.5 Å². The summed E-state index contributed by atoms with van der Waals surface area (Å²) in [5, 5.41) is 0.760. The molecule has 1 amide bonds. The Morgan fingerprint density at radius 2 is 2.04 bits per heavy atom. The molecule has 130 valence electrons. The van der Waals surface area contributed by atoms with Gasteiger partial charge < -0.3 is 4.74 Å². The second-order valence-corrected chi connectivity index (χ2v) is 8.33. The quantitative estimate of drug-likeness (QED) is 0.662. The molecule has 2 aliphatic rings. The number of fused-ring (bicyclic) bond motifs is 2. The number of nitrogens with zero attached hydrogens (tertiary/aromatic N) is 1.